The zero-order chi connectivity index (χ0) is 21.9. The lowest BCUT2D eigenvalue weighted by atomic mass is 10.1. The van der Waals surface area contributed by atoms with E-state index in [9.17, 15) is 26.3 Å². The minimum atomic E-state index is -4.35. The minimum absolute atomic E-state index is 0.126. The van der Waals surface area contributed by atoms with E-state index >= 15 is 0 Å². The first-order chi connectivity index (χ1) is 13.5. The molecule has 0 aromatic heterocycles. The number of benzene rings is 1. The molecule has 0 unspecified atom stereocenters. The number of rotatable bonds is 10. The van der Waals surface area contributed by atoms with Crippen molar-refractivity contribution >= 4 is 5.96 Å². The maximum Gasteiger partial charge on any atom is 0.411 e. The molecule has 166 valence electrons. The van der Waals surface area contributed by atoms with E-state index in [-0.39, 0.29) is 6.61 Å². The van der Waals surface area contributed by atoms with E-state index in [0.29, 0.717) is 37.6 Å². The third-order valence-electron chi connectivity index (χ3n) is 3.70. The molecule has 1 aromatic rings. The van der Waals surface area contributed by atoms with E-state index in [1.54, 1.807) is 31.3 Å². The summed E-state index contributed by atoms with van der Waals surface area (Å²) in [6.07, 6.45) is -8.04. The van der Waals surface area contributed by atoms with Crippen LogP contribution < -0.4 is 10.6 Å². The Balaban J connectivity index is 2.28. The lowest BCUT2D eigenvalue weighted by molar-refractivity contribution is -0.176. The van der Waals surface area contributed by atoms with Gasteiger partial charge in [-0.2, -0.15) is 26.3 Å². The van der Waals surface area contributed by atoms with Crippen LogP contribution in [0.3, 0.4) is 0 Å². The van der Waals surface area contributed by atoms with Gasteiger partial charge in [-0.3, -0.25) is 9.89 Å². The fourth-order valence-corrected chi connectivity index (χ4v) is 2.39. The van der Waals surface area contributed by atoms with Gasteiger partial charge in [-0.1, -0.05) is 24.3 Å². The highest BCUT2D eigenvalue weighted by Crippen LogP contribution is 2.16. The Morgan fingerprint density at radius 2 is 1.62 bits per heavy atom. The maximum atomic E-state index is 12.3. The van der Waals surface area contributed by atoms with E-state index in [1.165, 1.54) is 11.9 Å². The maximum absolute atomic E-state index is 12.3. The van der Waals surface area contributed by atoms with Crippen LogP contribution in [0.5, 0.6) is 0 Å². The molecule has 0 fully saturated rings. The fraction of sp³-hybridized carbons (Fsp3) is 0.611. The van der Waals surface area contributed by atoms with Gasteiger partial charge in [0.1, 0.15) is 6.61 Å². The second-order valence-electron chi connectivity index (χ2n) is 6.48. The van der Waals surface area contributed by atoms with E-state index in [1.807, 2.05) is 0 Å². The molecule has 0 amide bonds. The molecule has 0 atom stereocenters. The van der Waals surface area contributed by atoms with Crippen molar-refractivity contribution < 1.29 is 31.1 Å². The van der Waals surface area contributed by atoms with E-state index in [2.05, 4.69) is 20.4 Å². The normalized spacial score (nSPS) is 13.1. The molecule has 5 nitrogen and oxygen atoms in total. The number of ether oxygens (including phenoxy) is 1. The molecule has 29 heavy (non-hydrogen) atoms. The van der Waals surface area contributed by atoms with Gasteiger partial charge in [0, 0.05) is 20.1 Å². The number of halogens is 6. The summed E-state index contributed by atoms with van der Waals surface area (Å²) < 4.78 is 77.5. The van der Waals surface area contributed by atoms with Gasteiger partial charge < -0.3 is 15.4 Å². The van der Waals surface area contributed by atoms with Gasteiger partial charge in [0.2, 0.25) is 0 Å². The molecular formula is C18H26F6N4O. The highest BCUT2D eigenvalue weighted by molar-refractivity contribution is 5.79. The number of hydrogen-bond acceptors (Lipinski definition) is 3. The monoisotopic (exact) mass is 428 g/mol. The first-order valence-electron chi connectivity index (χ1n) is 8.90. The predicted molar refractivity (Wildman–Crippen MR) is 98.5 cm³/mol. The van der Waals surface area contributed by atoms with Crippen molar-refractivity contribution in [3.05, 3.63) is 35.4 Å². The summed E-state index contributed by atoms with van der Waals surface area (Å²) in [5.41, 5.74) is 1.51. The second-order valence-corrected chi connectivity index (χ2v) is 6.48. The van der Waals surface area contributed by atoms with Crippen LogP contribution in [0, 0.1) is 0 Å². The molecule has 0 bridgehead atoms. The van der Waals surface area contributed by atoms with Crippen molar-refractivity contribution in [1.82, 2.24) is 15.5 Å². The number of aliphatic imine (C=N–C) groups is 1. The summed E-state index contributed by atoms with van der Waals surface area (Å²) in [5.74, 6) is 0.501. The van der Waals surface area contributed by atoms with Crippen LogP contribution in [0.1, 0.15) is 17.5 Å². The first kappa shape index (κ1) is 25.0. The molecule has 0 aliphatic heterocycles. The van der Waals surface area contributed by atoms with Crippen molar-refractivity contribution in [1.29, 1.82) is 0 Å². The van der Waals surface area contributed by atoms with Gasteiger partial charge in [0.15, 0.2) is 5.96 Å². The zero-order valence-electron chi connectivity index (χ0n) is 16.3. The average molecular weight is 428 g/mol. The fourth-order valence-electron chi connectivity index (χ4n) is 2.39. The van der Waals surface area contributed by atoms with E-state index in [0.717, 1.165) is 5.56 Å². The van der Waals surface area contributed by atoms with Gasteiger partial charge in [-0.25, -0.2) is 0 Å². The Morgan fingerprint density at radius 1 is 1.00 bits per heavy atom. The quantitative estimate of drug-likeness (QED) is 0.260. The summed E-state index contributed by atoms with van der Waals surface area (Å²) in [6.45, 7) is -1.18. The summed E-state index contributed by atoms with van der Waals surface area (Å²) in [6, 6.07) is 6.89. The zero-order valence-corrected chi connectivity index (χ0v) is 16.3. The molecule has 0 spiro atoms. The van der Waals surface area contributed by atoms with Crippen LogP contribution in [-0.2, 0) is 17.9 Å². The number of nitrogens with one attached hydrogen (secondary N) is 2. The summed E-state index contributed by atoms with van der Waals surface area (Å²) in [4.78, 5) is 5.24. The highest BCUT2D eigenvalue weighted by atomic mass is 19.4. The van der Waals surface area contributed by atoms with E-state index in [4.69, 9.17) is 0 Å². The lowest BCUT2D eigenvalue weighted by Gasteiger charge is -2.19. The number of alkyl halides is 6. The summed E-state index contributed by atoms with van der Waals surface area (Å²) in [7, 11) is 2.99. The van der Waals surface area contributed by atoms with Gasteiger partial charge in [-0.05, 0) is 31.1 Å². The molecule has 1 rings (SSSR count). The average Bonchev–Trinajstić information content (AvgIpc) is 2.59. The molecule has 0 aliphatic rings. The number of nitrogens with zero attached hydrogens (tertiary/aromatic N) is 2. The molecule has 0 heterocycles. The third kappa shape index (κ3) is 12.9. The van der Waals surface area contributed by atoms with Crippen molar-refractivity contribution in [3.63, 3.8) is 0 Å². The molecule has 2 N–H and O–H groups in total. The van der Waals surface area contributed by atoms with Gasteiger partial charge in [0.05, 0.1) is 13.2 Å². The van der Waals surface area contributed by atoms with Crippen molar-refractivity contribution in [2.45, 2.75) is 31.9 Å². The summed E-state index contributed by atoms with van der Waals surface area (Å²) in [5, 5.41) is 6.08. The molecule has 11 heteroatoms. The first-order valence-corrected chi connectivity index (χ1v) is 8.90. The molecular weight excluding hydrogens is 402 g/mol. The number of guanidine groups is 1. The topological polar surface area (TPSA) is 48.9 Å². The molecule has 0 saturated carbocycles. The smallest absolute Gasteiger partial charge is 0.367 e. The van der Waals surface area contributed by atoms with Crippen LogP contribution >= 0.6 is 0 Å². The van der Waals surface area contributed by atoms with Gasteiger partial charge in [0.25, 0.3) is 0 Å². The molecule has 0 saturated heterocycles. The van der Waals surface area contributed by atoms with Crippen LogP contribution in [0.2, 0.25) is 0 Å². The highest BCUT2D eigenvalue weighted by Gasteiger charge is 2.29. The Kier molecular flexibility index (Phi) is 10.2. The molecule has 0 radical (unpaired) electrons. The van der Waals surface area contributed by atoms with Crippen molar-refractivity contribution in [2.75, 3.05) is 40.3 Å². The van der Waals surface area contributed by atoms with Gasteiger partial charge in [-0.15, -0.1) is 0 Å². The van der Waals surface area contributed by atoms with Crippen molar-refractivity contribution in [2.24, 2.45) is 4.99 Å². The second kappa shape index (κ2) is 11.9. The predicted octanol–water partition coefficient (Wildman–Crippen LogP) is 3.31. The van der Waals surface area contributed by atoms with Crippen LogP contribution in [-0.4, -0.2) is 63.5 Å². The number of hydrogen-bond donors (Lipinski definition) is 2. The Morgan fingerprint density at radius 3 is 2.17 bits per heavy atom. The Bertz CT molecular complexity index is 616. The largest absolute Gasteiger partial charge is 0.411 e. The van der Waals surface area contributed by atoms with Crippen LogP contribution in [0.25, 0.3) is 0 Å². The Hall–Kier alpha value is -2.01. The standard InChI is InChI=1S/C18H26F6N4O/c1-25-16(26-8-3-9-28(2)12-17(19,20)21)27-10-14-4-6-15(7-5-14)11-29-13-18(22,23)24/h4-7H,3,8-13H2,1-2H3,(H2,25,26,27). The molecule has 0 aliphatic carbocycles. The lowest BCUT2D eigenvalue weighted by Crippen LogP contribution is -2.39. The van der Waals surface area contributed by atoms with E-state index < -0.39 is 25.5 Å². The Labute approximate surface area is 166 Å². The molecule has 1 aromatic carbocycles. The van der Waals surface area contributed by atoms with Crippen LogP contribution in [0.4, 0.5) is 26.3 Å². The third-order valence-corrected chi connectivity index (χ3v) is 3.70. The SMILES string of the molecule is CN=C(NCCCN(C)CC(F)(F)F)NCc1ccc(COCC(F)(F)F)cc1. The van der Waals surface area contributed by atoms with Crippen molar-refractivity contribution in [3.8, 4) is 0 Å². The summed E-state index contributed by atoms with van der Waals surface area (Å²) >= 11 is 0. The minimum Gasteiger partial charge on any atom is -0.367 e. The van der Waals surface area contributed by atoms with Gasteiger partial charge >= 0.3 is 12.4 Å². The van der Waals surface area contributed by atoms with Crippen LogP contribution in [0.15, 0.2) is 29.3 Å².